The van der Waals surface area contributed by atoms with E-state index in [1.54, 1.807) is 29.1 Å². The number of nitrogens with zero attached hydrogens (tertiary/aromatic N) is 3. The highest BCUT2D eigenvalue weighted by Gasteiger charge is 2.12. The van der Waals surface area contributed by atoms with Crippen LogP contribution in [0.3, 0.4) is 0 Å². The summed E-state index contributed by atoms with van der Waals surface area (Å²) in [5.74, 6) is 1.35. The number of rotatable bonds is 5. The van der Waals surface area contributed by atoms with E-state index >= 15 is 0 Å². The van der Waals surface area contributed by atoms with Crippen molar-refractivity contribution >= 4 is 11.5 Å². The third-order valence-electron chi connectivity index (χ3n) is 3.12. The Labute approximate surface area is 116 Å². The predicted molar refractivity (Wildman–Crippen MR) is 74.5 cm³/mol. The van der Waals surface area contributed by atoms with Gasteiger partial charge in [0, 0.05) is 24.4 Å². The Balaban J connectivity index is 1.81. The Kier molecular flexibility index (Phi) is 3.39. The second-order valence-corrected chi connectivity index (χ2v) is 4.50. The van der Waals surface area contributed by atoms with Gasteiger partial charge in [0.1, 0.15) is 17.7 Å². The van der Waals surface area contributed by atoms with Gasteiger partial charge in [0.15, 0.2) is 5.65 Å². The van der Waals surface area contributed by atoms with Crippen LogP contribution in [0.4, 0.5) is 5.82 Å². The SMILES string of the molecule is CCc1cc(NCC(O)c2ccco2)n2nccc2n1. The van der Waals surface area contributed by atoms with Crippen molar-refractivity contribution in [1.29, 1.82) is 0 Å². The molecule has 0 saturated carbocycles. The second-order valence-electron chi connectivity index (χ2n) is 4.50. The van der Waals surface area contributed by atoms with Crippen LogP contribution in [0.5, 0.6) is 0 Å². The minimum absolute atomic E-state index is 0.343. The van der Waals surface area contributed by atoms with Crippen LogP contribution >= 0.6 is 0 Å². The molecule has 0 aliphatic carbocycles. The Morgan fingerprint density at radius 2 is 2.35 bits per heavy atom. The molecule has 3 aromatic rings. The number of aromatic nitrogens is 3. The van der Waals surface area contributed by atoms with Crippen LogP contribution in [-0.4, -0.2) is 26.2 Å². The number of hydrogen-bond acceptors (Lipinski definition) is 5. The average Bonchev–Trinajstić information content (AvgIpc) is 3.14. The summed E-state index contributed by atoms with van der Waals surface area (Å²) >= 11 is 0. The molecular formula is C14H16N4O2. The molecule has 0 radical (unpaired) electrons. The first-order valence-electron chi connectivity index (χ1n) is 6.57. The first-order valence-corrected chi connectivity index (χ1v) is 6.57. The molecule has 0 aromatic carbocycles. The normalized spacial score (nSPS) is 12.7. The summed E-state index contributed by atoms with van der Waals surface area (Å²) < 4.78 is 6.89. The zero-order chi connectivity index (χ0) is 13.9. The Morgan fingerprint density at radius 3 is 3.10 bits per heavy atom. The van der Waals surface area contributed by atoms with Gasteiger partial charge in [-0.05, 0) is 18.6 Å². The lowest BCUT2D eigenvalue weighted by atomic mass is 10.2. The average molecular weight is 272 g/mol. The molecule has 0 aliphatic heterocycles. The van der Waals surface area contributed by atoms with Gasteiger partial charge in [-0.1, -0.05) is 6.92 Å². The lowest BCUT2D eigenvalue weighted by Crippen LogP contribution is -2.14. The molecule has 0 spiro atoms. The van der Waals surface area contributed by atoms with Gasteiger partial charge in [-0.15, -0.1) is 0 Å². The van der Waals surface area contributed by atoms with Gasteiger partial charge in [-0.25, -0.2) is 4.98 Å². The van der Waals surface area contributed by atoms with Crippen molar-refractivity contribution < 1.29 is 9.52 Å². The van der Waals surface area contributed by atoms with Crippen LogP contribution in [0.1, 0.15) is 24.5 Å². The number of anilines is 1. The largest absolute Gasteiger partial charge is 0.467 e. The number of aliphatic hydroxyl groups is 1. The van der Waals surface area contributed by atoms with Crippen molar-refractivity contribution in [2.45, 2.75) is 19.4 Å². The minimum Gasteiger partial charge on any atom is -0.467 e. The highest BCUT2D eigenvalue weighted by molar-refractivity contribution is 5.49. The van der Waals surface area contributed by atoms with Gasteiger partial charge in [0.05, 0.1) is 12.5 Å². The van der Waals surface area contributed by atoms with Crippen LogP contribution in [0.15, 0.2) is 41.1 Å². The molecule has 6 heteroatoms. The van der Waals surface area contributed by atoms with E-state index in [0.717, 1.165) is 23.6 Å². The van der Waals surface area contributed by atoms with Gasteiger partial charge in [-0.2, -0.15) is 9.61 Å². The van der Waals surface area contributed by atoms with E-state index in [1.807, 2.05) is 12.1 Å². The summed E-state index contributed by atoms with van der Waals surface area (Å²) in [4.78, 5) is 4.47. The molecular weight excluding hydrogens is 256 g/mol. The van der Waals surface area contributed by atoms with E-state index in [-0.39, 0.29) is 0 Å². The van der Waals surface area contributed by atoms with Gasteiger partial charge < -0.3 is 14.8 Å². The molecule has 0 aliphatic rings. The second kappa shape index (κ2) is 5.34. The maximum absolute atomic E-state index is 10.0. The highest BCUT2D eigenvalue weighted by Crippen LogP contribution is 2.16. The quantitative estimate of drug-likeness (QED) is 0.743. The molecule has 0 bridgehead atoms. The number of aryl methyl sites for hydroxylation is 1. The maximum atomic E-state index is 10.0. The summed E-state index contributed by atoms with van der Waals surface area (Å²) in [6, 6.07) is 7.30. The van der Waals surface area contributed by atoms with Gasteiger partial charge in [0.2, 0.25) is 0 Å². The third-order valence-corrected chi connectivity index (χ3v) is 3.12. The molecule has 3 heterocycles. The summed E-state index contributed by atoms with van der Waals surface area (Å²) in [7, 11) is 0. The number of nitrogens with one attached hydrogen (secondary N) is 1. The standard InChI is InChI=1S/C14H16N4O2/c1-2-10-8-14(18-13(17-10)5-6-16-18)15-9-11(19)12-4-3-7-20-12/h3-8,11,15,19H,2,9H2,1H3. The molecule has 104 valence electrons. The first-order chi connectivity index (χ1) is 9.78. The Morgan fingerprint density at radius 1 is 1.45 bits per heavy atom. The fourth-order valence-corrected chi connectivity index (χ4v) is 2.05. The van der Waals surface area contributed by atoms with E-state index in [2.05, 4.69) is 22.3 Å². The number of aliphatic hydroxyl groups excluding tert-OH is 1. The van der Waals surface area contributed by atoms with Crippen LogP contribution in [0.25, 0.3) is 5.65 Å². The smallest absolute Gasteiger partial charge is 0.157 e. The highest BCUT2D eigenvalue weighted by atomic mass is 16.4. The van der Waals surface area contributed by atoms with E-state index in [4.69, 9.17) is 4.42 Å². The van der Waals surface area contributed by atoms with Crippen LogP contribution in [-0.2, 0) is 6.42 Å². The van der Waals surface area contributed by atoms with Gasteiger partial charge in [0.25, 0.3) is 0 Å². The number of fused-ring (bicyclic) bond motifs is 1. The fraction of sp³-hybridized carbons (Fsp3) is 0.286. The maximum Gasteiger partial charge on any atom is 0.157 e. The Hall–Kier alpha value is -2.34. The van der Waals surface area contributed by atoms with Crippen molar-refractivity contribution in [3.8, 4) is 0 Å². The lowest BCUT2D eigenvalue weighted by molar-refractivity contribution is 0.162. The molecule has 20 heavy (non-hydrogen) atoms. The minimum atomic E-state index is -0.700. The fourth-order valence-electron chi connectivity index (χ4n) is 2.05. The molecule has 3 aromatic heterocycles. The van der Waals surface area contributed by atoms with Crippen molar-refractivity contribution in [2.24, 2.45) is 0 Å². The monoisotopic (exact) mass is 272 g/mol. The Bertz CT molecular complexity index is 690. The van der Waals surface area contributed by atoms with Crippen LogP contribution in [0.2, 0.25) is 0 Å². The third kappa shape index (κ3) is 2.37. The summed E-state index contributed by atoms with van der Waals surface area (Å²) in [6.07, 6.45) is 3.40. The van der Waals surface area contributed by atoms with Crippen LogP contribution < -0.4 is 5.32 Å². The topological polar surface area (TPSA) is 75.6 Å². The van der Waals surface area contributed by atoms with Crippen molar-refractivity contribution in [2.75, 3.05) is 11.9 Å². The zero-order valence-electron chi connectivity index (χ0n) is 11.2. The van der Waals surface area contributed by atoms with E-state index < -0.39 is 6.10 Å². The predicted octanol–water partition coefficient (Wildman–Crippen LogP) is 2.03. The van der Waals surface area contributed by atoms with E-state index in [0.29, 0.717) is 12.3 Å². The number of hydrogen-bond donors (Lipinski definition) is 2. The lowest BCUT2D eigenvalue weighted by Gasteiger charge is -2.12. The van der Waals surface area contributed by atoms with Crippen LogP contribution in [0, 0.1) is 0 Å². The zero-order valence-corrected chi connectivity index (χ0v) is 11.2. The van der Waals surface area contributed by atoms with Gasteiger partial charge >= 0.3 is 0 Å². The molecule has 3 rings (SSSR count). The molecule has 1 atom stereocenters. The summed E-state index contributed by atoms with van der Waals surface area (Å²) in [5.41, 5.74) is 1.77. The summed E-state index contributed by atoms with van der Waals surface area (Å²) in [6.45, 7) is 2.40. The molecule has 0 fully saturated rings. The summed E-state index contributed by atoms with van der Waals surface area (Å²) in [5, 5.41) is 17.4. The first kappa shape index (κ1) is 12.7. The molecule has 6 nitrogen and oxygen atoms in total. The van der Waals surface area contributed by atoms with Crippen molar-refractivity contribution in [3.63, 3.8) is 0 Å². The number of furan rings is 1. The van der Waals surface area contributed by atoms with E-state index in [9.17, 15) is 5.11 Å². The molecule has 1 unspecified atom stereocenters. The van der Waals surface area contributed by atoms with E-state index in [1.165, 1.54) is 0 Å². The molecule has 0 saturated heterocycles. The van der Waals surface area contributed by atoms with Gasteiger partial charge in [-0.3, -0.25) is 0 Å². The molecule has 2 N–H and O–H groups in total. The van der Waals surface area contributed by atoms with Crippen molar-refractivity contribution in [3.05, 3.63) is 48.2 Å². The molecule has 0 amide bonds. The van der Waals surface area contributed by atoms with Crippen molar-refractivity contribution in [1.82, 2.24) is 14.6 Å².